The van der Waals surface area contributed by atoms with Crippen LogP contribution in [0.3, 0.4) is 0 Å². The van der Waals surface area contributed by atoms with Crippen molar-refractivity contribution in [2.75, 3.05) is 23.3 Å². The molecule has 0 radical (unpaired) electrons. The zero-order valence-electron chi connectivity index (χ0n) is 18.0. The fourth-order valence-corrected chi connectivity index (χ4v) is 5.00. The van der Waals surface area contributed by atoms with Crippen LogP contribution < -0.4 is 10.2 Å². The Labute approximate surface area is 185 Å². The highest BCUT2D eigenvalue weighted by molar-refractivity contribution is 7.10. The molecule has 10 heteroatoms. The quantitative estimate of drug-likeness (QED) is 0.669. The Morgan fingerprint density at radius 1 is 1.16 bits per heavy atom. The molecule has 0 saturated carbocycles. The summed E-state index contributed by atoms with van der Waals surface area (Å²) in [6, 6.07) is 2.19. The fraction of sp³-hybridized carbons (Fsp3) is 0.476. The molecule has 0 fully saturated rings. The molecule has 0 saturated heterocycles. The Morgan fingerprint density at radius 2 is 2.03 bits per heavy atom. The second-order valence-electron chi connectivity index (χ2n) is 8.39. The maximum absolute atomic E-state index is 12.5. The Kier molecular flexibility index (Phi) is 5.09. The van der Waals surface area contributed by atoms with Crippen molar-refractivity contribution < 1.29 is 4.79 Å². The van der Waals surface area contributed by atoms with Crippen LogP contribution in [-0.4, -0.2) is 54.1 Å². The lowest BCUT2D eigenvalue weighted by atomic mass is 10.1. The highest BCUT2D eigenvalue weighted by Gasteiger charge is 2.24. The van der Waals surface area contributed by atoms with Crippen molar-refractivity contribution in [1.82, 2.24) is 29.0 Å². The minimum Gasteiger partial charge on any atom is -0.356 e. The third kappa shape index (κ3) is 3.87. The molecular formula is C21H26N8OS. The highest BCUT2D eigenvalue weighted by Crippen LogP contribution is 2.29. The summed E-state index contributed by atoms with van der Waals surface area (Å²) in [4.78, 5) is 26.0. The van der Waals surface area contributed by atoms with Crippen LogP contribution >= 0.6 is 11.5 Å². The van der Waals surface area contributed by atoms with Gasteiger partial charge in [0.05, 0.1) is 12.2 Å². The van der Waals surface area contributed by atoms with Crippen LogP contribution in [0.25, 0.3) is 0 Å². The molecule has 162 valence electrons. The van der Waals surface area contributed by atoms with Gasteiger partial charge in [0, 0.05) is 55.3 Å². The van der Waals surface area contributed by atoms with Crippen LogP contribution in [-0.2, 0) is 30.7 Å². The molecule has 3 aromatic rings. The van der Waals surface area contributed by atoms with E-state index in [0.717, 1.165) is 37.3 Å². The summed E-state index contributed by atoms with van der Waals surface area (Å²) in [5.74, 6) is 1.31. The molecule has 0 unspecified atom stereocenters. The van der Waals surface area contributed by atoms with Crippen molar-refractivity contribution in [1.29, 1.82) is 0 Å². The first-order chi connectivity index (χ1) is 15.0. The van der Waals surface area contributed by atoms with E-state index in [0.29, 0.717) is 18.3 Å². The summed E-state index contributed by atoms with van der Waals surface area (Å²) in [6.45, 7) is 8.85. The van der Waals surface area contributed by atoms with Gasteiger partial charge in [0.15, 0.2) is 5.82 Å². The third-order valence-electron chi connectivity index (χ3n) is 5.90. The lowest BCUT2D eigenvalue weighted by Gasteiger charge is -2.28. The van der Waals surface area contributed by atoms with Crippen molar-refractivity contribution in [3.63, 3.8) is 0 Å². The van der Waals surface area contributed by atoms with Crippen LogP contribution in [0.15, 0.2) is 18.5 Å². The van der Waals surface area contributed by atoms with E-state index < -0.39 is 0 Å². The second kappa shape index (κ2) is 7.92. The number of carbonyl (C=O) groups excluding carboxylic acids is 1. The third-order valence-corrected chi connectivity index (χ3v) is 6.86. The molecule has 0 atom stereocenters. The molecule has 0 aliphatic carbocycles. The number of nitrogens with one attached hydrogen (secondary N) is 1. The normalized spacial score (nSPS) is 16.3. The average molecular weight is 439 g/mol. The number of anilines is 3. The largest absolute Gasteiger partial charge is 0.356 e. The minimum atomic E-state index is 0.104. The molecule has 31 heavy (non-hydrogen) atoms. The number of aromatic nitrogens is 5. The Balaban J connectivity index is 1.32. The van der Waals surface area contributed by atoms with E-state index in [4.69, 9.17) is 4.98 Å². The van der Waals surface area contributed by atoms with Gasteiger partial charge in [-0.05, 0) is 44.3 Å². The lowest BCUT2D eigenvalue weighted by Crippen LogP contribution is -2.38. The van der Waals surface area contributed by atoms with E-state index >= 15 is 0 Å². The average Bonchev–Trinajstić information content (AvgIpc) is 3.29. The van der Waals surface area contributed by atoms with Gasteiger partial charge in [0.25, 0.3) is 0 Å². The Morgan fingerprint density at radius 3 is 2.81 bits per heavy atom. The predicted molar refractivity (Wildman–Crippen MR) is 120 cm³/mol. The zero-order valence-corrected chi connectivity index (χ0v) is 18.8. The molecule has 9 nitrogen and oxygen atoms in total. The van der Waals surface area contributed by atoms with Gasteiger partial charge in [-0.2, -0.15) is 9.47 Å². The topological polar surface area (TPSA) is 92.1 Å². The van der Waals surface area contributed by atoms with Crippen molar-refractivity contribution >= 4 is 34.2 Å². The zero-order chi connectivity index (χ0) is 21.5. The van der Waals surface area contributed by atoms with Gasteiger partial charge >= 0.3 is 0 Å². The van der Waals surface area contributed by atoms with E-state index in [1.807, 2.05) is 37.2 Å². The van der Waals surface area contributed by atoms with Crippen molar-refractivity contribution in [3.05, 3.63) is 41.0 Å². The number of hydrogen-bond donors (Lipinski definition) is 1. The van der Waals surface area contributed by atoms with Gasteiger partial charge in [-0.25, -0.2) is 9.97 Å². The molecule has 1 amide bonds. The smallest absolute Gasteiger partial charge is 0.244 e. The summed E-state index contributed by atoms with van der Waals surface area (Å²) >= 11 is 1.53. The predicted octanol–water partition coefficient (Wildman–Crippen LogP) is 2.54. The Bertz CT molecular complexity index is 1120. The van der Waals surface area contributed by atoms with Crippen LogP contribution in [0.4, 0.5) is 16.8 Å². The number of hydrogen-bond acceptors (Lipinski definition) is 8. The summed E-state index contributed by atoms with van der Waals surface area (Å²) in [5.41, 5.74) is 4.46. The van der Waals surface area contributed by atoms with Crippen LogP contribution in [0, 0.1) is 6.92 Å². The van der Waals surface area contributed by atoms with Crippen LogP contribution in [0.2, 0.25) is 0 Å². The first kappa shape index (κ1) is 19.9. The van der Waals surface area contributed by atoms with E-state index in [2.05, 4.69) is 31.6 Å². The number of amides is 1. The van der Waals surface area contributed by atoms with E-state index in [1.54, 1.807) is 4.68 Å². The lowest BCUT2D eigenvalue weighted by molar-refractivity contribution is -0.133. The van der Waals surface area contributed by atoms with Gasteiger partial charge in [0.2, 0.25) is 11.9 Å². The highest BCUT2D eigenvalue weighted by atomic mass is 32.1. The number of rotatable bonds is 4. The van der Waals surface area contributed by atoms with E-state index in [1.165, 1.54) is 27.7 Å². The summed E-state index contributed by atoms with van der Waals surface area (Å²) in [5, 5.41) is 9.03. The summed E-state index contributed by atoms with van der Waals surface area (Å²) in [6.07, 6.45) is 5.52. The van der Waals surface area contributed by atoms with Crippen molar-refractivity contribution in [2.45, 2.75) is 52.7 Å². The second-order valence-corrected chi connectivity index (χ2v) is 9.17. The van der Waals surface area contributed by atoms with Crippen LogP contribution in [0.1, 0.15) is 36.4 Å². The number of carbonyl (C=O) groups is 1. The van der Waals surface area contributed by atoms with Crippen LogP contribution in [0.5, 0.6) is 0 Å². The minimum absolute atomic E-state index is 0.104. The molecule has 1 N–H and O–H groups in total. The molecule has 0 spiro atoms. The molecule has 2 aliphatic rings. The van der Waals surface area contributed by atoms with Crippen molar-refractivity contribution in [3.8, 4) is 0 Å². The number of fused-ring (bicyclic) bond motifs is 2. The molecule has 0 bridgehead atoms. The van der Waals surface area contributed by atoms with E-state index in [-0.39, 0.29) is 18.5 Å². The molecule has 5 rings (SSSR count). The molecular weight excluding hydrogens is 412 g/mol. The molecule has 0 aromatic carbocycles. The maximum atomic E-state index is 12.5. The SMILES string of the molecule is Cc1cnsc1N1CCc2cnc(Nc3cc4n(n3)CC(=O)N(C(C)C)CC4)nc2C1. The maximum Gasteiger partial charge on any atom is 0.244 e. The number of aryl methyl sites for hydroxylation is 1. The van der Waals surface area contributed by atoms with Gasteiger partial charge in [0.1, 0.15) is 11.5 Å². The van der Waals surface area contributed by atoms with Crippen molar-refractivity contribution in [2.24, 2.45) is 0 Å². The molecule has 2 aliphatic heterocycles. The van der Waals surface area contributed by atoms with Gasteiger partial charge in [-0.3, -0.25) is 9.48 Å². The molecule has 3 aromatic heterocycles. The monoisotopic (exact) mass is 438 g/mol. The summed E-state index contributed by atoms with van der Waals surface area (Å²) in [7, 11) is 0. The fourth-order valence-electron chi connectivity index (χ4n) is 4.22. The standard InChI is InChI=1S/C21H26N8OS/c1-13(2)28-7-5-16-8-18(26-29(16)12-19(28)30)25-21-22-10-15-4-6-27(11-17(15)24-21)20-14(3)9-23-31-20/h8-10,13H,4-7,11-12H2,1-3H3,(H,22,24,25,26). The van der Waals surface area contributed by atoms with Gasteiger partial charge < -0.3 is 15.1 Å². The van der Waals surface area contributed by atoms with Gasteiger partial charge in [-0.15, -0.1) is 0 Å². The summed E-state index contributed by atoms with van der Waals surface area (Å²) < 4.78 is 6.09. The molecule has 5 heterocycles. The Hall–Kier alpha value is -3.01. The first-order valence-electron chi connectivity index (χ1n) is 10.6. The number of nitrogens with zero attached hydrogens (tertiary/aromatic N) is 7. The van der Waals surface area contributed by atoms with Gasteiger partial charge in [-0.1, -0.05) is 0 Å². The first-order valence-corrected chi connectivity index (χ1v) is 11.4. The van der Waals surface area contributed by atoms with E-state index in [9.17, 15) is 4.79 Å².